The minimum Gasteiger partial charge on any atom is -0.481 e. The fourth-order valence-corrected chi connectivity index (χ4v) is 2.91. The second kappa shape index (κ2) is 6.44. The Morgan fingerprint density at radius 1 is 1.27 bits per heavy atom. The van der Waals surface area contributed by atoms with Crippen molar-refractivity contribution in [1.82, 2.24) is 10.2 Å². The van der Waals surface area contributed by atoms with Gasteiger partial charge in [-0.2, -0.15) is 0 Å². The SMILES string of the molecule is CC(C)(C)OC(=O)NCC1CCN(CC2(C(=O)O)CC2)CC1. The average molecular weight is 312 g/mol. The maximum absolute atomic E-state index is 11.6. The van der Waals surface area contributed by atoms with E-state index in [2.05, 4.69) is 10.2 Å². The summed E-state index contributed by atoms with van der Waals surface area (Å²) in [7, 11) is 0. The summed E-state index contributed by atoms with van der Waals surface area (Å²) in [6, 6.07) is 0. The number of alkyl carbamates (subject to hydrolysis) is 1. The lowest BCUT2D eigenvalue weighted by molar-refractivity contribution is -0.144. The maximum atomic E-state index is 11.6. The van der Waals surface area contributed by atoms with Crippen LogP contribution < -0.4 is 5.32 Å². The number of carboxylic acids is 1. The lowest BCUT2D eigenvalue weighted by Gasteiger charge is -2.33. The highest BCUT2D eigenvalue weighted by Gasteiger charge is 2.51. The van der Waals surface area contributed by atoms with Crippen LogP contribution in [0.3, 0.4) is 0 Å². The highest BCUT2D eigenvalue weighted by molar-refractivity contribution is 5.78. The third kappa shape index (κ3) is 4.87. The molecule has 2 N–H and O–H groups in total. The normalized spacial score (nSPS) is 22.1. The molecule has 2 rings (SSSR count). The number of nitrogens with one attached hydrogen (secondary N) is 1. The molecule has 1 heterocycles. The van der Waals surface area contributed by atoms with Gasteiger partial charge in [-0.15, -0.1) is 0 Å². The molecule has 0 spiro atoms. The van der Waals surface area contributed by atoms with Crippen molar-refractivity contribution in [3.8, 4) is 0 Å². The van der Waals surface area contributed by atoms with E-state index in [4.69, 9.17) is 4.74 Å². The molecule has 0 bridgehead atoms. The third-order valence-electron chi connectivity index (χ3n) is 4.47. The van der Waals surface area contributed by atoms with E-state index < -0.39 is 17.0 Å². The first-order chi connectivity index (χ1) is 10.2. The number of carbonyl (C=O) groups is 2. The molecule has 6 heteroatoms. The van der Waals surface area contributed by atoms with E-state index in [1.54, 1.807) is 0 Å². The summed E-state index contributed by atoms with van der Waals surface area (Å²) in [6.07, 6.45) is 3.24. The van der Waals surface area contributed by atoms with Gasteiger partial charge >= 0.3 is 12.1 Å². The zero-order valence-corrected chi connectivity index (χ0v) is 13.9. The summed E-state index contributed by atoms with van der Waals surface area (Å²) in [5.41, 5.74) is -0.940. The van der Waals surface area contributed by atoms with Crippen LogP contribution in [0.25, 0.3) is 0 Å². The van der Waals surface area contributed by atoms with Gasteiger partial charge in [0.25, 0.3) is 0 Å². The molecule has 0 aromatic carbocycles. The molecule has 0 radical (unpaired) electrons. The van der Waals surface area contributed by atoms with Crippen molar-refractivity contribution in [2.75, 3.05) is 26.2 Å². The van der Waals surface area contributed by atoms with E-state index >= 15 is 0 Å². The molecule has 0 atom stereocenters. The van der Waals surface area contributed by atoms with Gasteiger partial charge < -0.3 is 20.1 Å². The fraction of sp³-hybridized carbons (Fsp3) is 0.875. The minimum atomic E-state index is -0.652. The summed E-state index contributed by atoms with van der Waals surface area (Å²) >= 11 is 0. The molecule has 2 fully saturated rings. The summed E-state index contributed by atoms with van der Waals surface area (Å²) in [5.74, 6) is -0.204. The first-order valence-corrected chi connectivity index (χ1v) is 8.13. The molecule has 1 aliphatic carbocycles. The van der Waals surface area contributed by atoms with Crippen molar-refractivity contribution in [3.05, 3.63) is 0 Å². The Balaban J connectivity index is 1.65. The number of nitrogens with zero attached hydrogens (tertiary/aromatic N) is 1. The Kier molecular flexibility index (Phi) is 5.00. The van der Waals surface area contributed by atoms with Gasteiger partial charge in [-0.25, -0.2) is 4.79 Å². The van der Waals surface area contributed by atoms with Crippen molar-refractivity contribution in [1.29, 1.82) is 0 Å². The van der Waals surface area contributed by atoms with E-state index in [0.717, 1.165) is 38.8 Å². The number of piperidine rings is 1. The van der Waals surface area contributed by atoms with Gasteiger partial charge in [0.15, 0.2) is 0 Å². The molecule has 1 saturated heterocycles. The molecule has 2 aliphatic rings. The van der Waals surface area contributed by atoms with Crippen LogP contribution in [0, 0.1) is 11.3 Å². The maximum Gasteiger partial charge on any atom is 0.407 e. The first-order valence-electron chi connectivity index (χ1n) is 8.13. The lowest BCUT2D eigenvalue weighted by Crippen LogP contribution is -2.43. The third-order valence-corrected chi connectivity index (χ3v) is 4.47. The fourth-order valence-electron chi connectivity index (χ4n) is 2.91. The molecule has 1 amide bonds. The Labute approximate surface area is 132 Å². The van der Waals surface area contributed by atoms with Crippen LogP contribution in [0.4, 0.5) is 4.79 Å². The number of hydrogen-bond acceptors (Lipinski definition) is 4. The molecule has 1 saturated carbocycles. The Morgan fingerprint density at radius 3 is 2.32 bits per heavy atom. The van der Waals surface area contributed by atoms with Gasteiger partial charge in [-0.1, -0.05) is 0 Å². The zero-order valence-electron chi connectivity index (χ0n) is 13.9. The second-order valence-corrected chi connectivity index (χ2v) is 7.69. The Hall–Kier alpha value is -1.30. The first kappa shape index (κ1) is 17.1. The van der Waals surface area contributed by atoms with Gasteiger partial charge in [0.2, 0.25) is 0 Å². The number of amides is 1. The number of hydrogen-bond donors (Lipinski definition) is 2. The summed E-state index contributed by atoms with van der Waals surface area (Å²) < 4.78 is 5.22. The van der Waals surface area contributed by atoms with E-state index in [1.807, 2.05) is 20.8 Å². The highest BCUT2D eigenvalue weighted by Crippen LogP contribution is 2.46. The summed E-state index contributed by atoms with van der Waals surface area (Å²) in [6.45, 7) is 8.68. The molecule has 22 heavy (non-hydrogen) atoms. The topological polar surface area (TPSA) is 78.9 Å². The number of carbonyl (C=O) groups excluding carboxylic acids is 1. The van der Waals surface area contributed by atoms with Crippen molar-refractivity contribution in [2.45, 2.75) is 52.1 Å². The van der Waals surface area contributed by atoms with E-state index in [1.165, 1.54) is 0 Å². The zero-order chi connectivity index (χ0) is 16.4. The Bertz CT molecular complexity index is 418. The van der Waals surface area contributed by atoms with Gasteiger partial charge in [0, 0.05) is 13.1 Å². The molecular formula is C16H28N2O4. The van der Waals surface area contributed by atoms with Crippen LogP contribution in [-0.2, 0) is 9.53 Å². The highest BCUT2D eigenvalue weighted by atomic mass is 16.6. The lowest BCUT2D eigenvalue weighted by atomic mass is 9.95. The molecule has 0 aromatic rings. The smallest absolute Gasteiger partial charge is 0.407 e. The number of carboxylic acid groups (broad SMARTS) is 1. The molecule has 0 unspecified atom stereocenters. The molecule has 6 nitrogen and oxygen atoms in total. The van der Waals surface area contributed by atoms with E-state index in [0.29, 0.717) is 19.0 Å². The van der Waals surface area contributed by atoms with E-state index in [-0.39, 0.29) is 6.09 Å². The number of ether oxygens (including phenoxy) is 1. The largest absolute Gasteiger partial charge is 0.481 e. The van der Waals surface area contributed by atoms with Crippen LogP contribution in [0.1, 0.15) is 46.5 Å². The molecule has 1 aliphatic heterocycles. The monoisotopic (exact) mass is 312 g/mol. The van der Waals surface area contributed by atoms with Crippen LogP contribution >= 0.6 is 0 Å². The molecular weight excluding hydrogens is 284 g/mol. The molecule has 126 valence electrons. The quantitative estimate of drug-likeness (QED) is 0.812. The van der Waals surface area contributed by atoms with Gasteiger partial charge in [-0.05, 0) is 65.5 Å². The van der Waals surface area contributed by atoms with Gasteiger partial charge in [0.05, 0.1) is 5.41 Å². The number of likely N-dealkylation sites (tertiary alicyclic amines) is 1. The predicted octanol–water partition coefficient (Wildman–Crippen LogP) is 2.09. The van der Waals surface area contributed by atoms with Crippen molar-refractivity contribution in [2.24, 2.45) is 11.3 Å². The van der Waals surface area contributed by atoms with Crippen molar-refractivity contribution < 1.29 is 19.4 Å². The van der Waals surface area contributed by atoms with Crippen LogP contribution in [0.5, 0.6) is 0 Å². The van der Waals surface area contributed by atoms with Crippen LogP contribution in [0.2, 0.25) is 0 Å². The van der Waals surface area contributed by atoms with E-state index in [9.17, 15) is 14.7 Å². The van der Waals surface area contributed by atoms with Gasteiger partial charge in [-0.3, -0.25) is 4.79 Å². The number of aliphatic carboxylic acids is 1. The molecule has 0 aromatic heterocycles. The van der Waals surface area contributed by atoms with Gasteiger partial charge in [0.1, 0.15) is 5.60 Å². The summed E-state index contributed by atoms with van der Waals surface area (Å²) in [5, 5.41) is 12.1. The van der Waals surface area contributed by atoms with Crippen molar-refractivity contribution >= 4 is 12.1 Å². The van der Waals surface area contributed by atoms with Crippen molar-refractivity contribution in [3.63, 3.8) is 0 Å². The average Bonchev–Trinajstić information content (AvgIpc) is 3.17. The van der Waals surface area contributed by atoms with Crippen LogP contribution in [-0.4, -0.2) is 53.8 Å². The second-order valence-electron chi connectivity index (χ2n) is 7.69. The number of rotatable bonds is 5. The summed E-state index contributed by atoms with van der Waals surface area (Å²) in [4.78, 5) is 25.1. The standard InChI is InChI=1S/C16H28N2O4/c1-15(2,3)22-14(21)17-10-12-4-8-18(9-5-12)11-16(6-7-16)13(19)20/h12H,4-11H2,1-3H3,(H,17,21)(H,19,20). The predicted molar refractivity (Wildman–Crippen MR) is 82.7 cm³/mol. The van der Waals surface area contributed by atoms with Crippen LogP contribution in [0.15, 0.2) is 0 Å². The Morgan fingerprint density at radius 2 is 1.86 bits per heavy atom. The minimum absolute atomic E-state index is 0.363.